The lowest BCUT2D eigenvalue weighted by Gasteiger charge is -2.15. The molecule has 0 amide bonds. The molecule has 0 bridgehead atoms. The SMILES string of the molecule is C=COC(=O)[C@H]1CCC[C@H]1NC.[HH]. The molecule has 2 atom stereocenters. The molecule has 12 heavy (non-hydrogen) atoms. The molecule has 1 N–H and O–H groups in total. The Hall–Kier alpha value is -0.830. The van der Waals surface area contributed by atoms with Gasteiger partial charge in [-0.1, -0.05) is 13.0 Å². The minimum absolute atomic E-state index is 0. The van der Waals surface area contributed by atoms with Crippen molar-refractivity contribution in [1.82, 2.24) is 5.32 Å². The third-order valence-electron chi connectivity index (χ3n) is 2.39. The van der Waals surface area contributed by atoms with Crippen LogP contribution in [0, 0.1) is 5.92 Å². The Bertz CT molecular complexity index is 184. The highest BCUT2D eigenvalue weighted by atomic mass is 16.5. The van der Waals surface area contributed by atoms with Crippen molar-refractivity contribution in [2.45, 2.75) is 25.3 Å². The fourth-order valence-electron chi connectivity index (χ4n) is 1.76. The van der Waals surface area contributed by atoms with Crippen LogP contribution in [0.25, 0.3) is 0 Å². The third-order valence-corrected chi connectivity index (χ3v) is 2.39. The average molecular weight is 171 g/mol. The molecule has 0 aromatic rings. The van der Waals surface area contributed by atoms with Crippen molar-refractivity contribution in [3.05, 3.63) is 12.8 Å². The second kappa shape index (κ2) is 4.26. The van der Waals surface area contributed by atoms with Gasteiger partial charge in [0, 0.05) is 7.47 Å². The molecule has 0 saturated heterocycles. The van der Waals surface area contributed by atoms with Crippen molar-refractivity contribution in [2.24, 2.45) is 5.92 Å². The Morgan fingerprint density at radius 3 is 3.08 bits per heavy atom. The first kappa shape index (κ1) is 9.26. The summed E-state index contributed by atoms with van der Waals surface area (Å²) in [6, 6.07) is 0.289. The Morgan fingerprint density at radius 2 is 2.50 bits per heavy atom. The number of carbonyl (C=O) groups is 1. The van der Waals surface area contributed by atoms with Gasteiger partial charge in [0.05, 0.1) is 12.2 Å². The van der Waals surface area contributed by atoms with E-state index in [1.54, 1.807) is 0 Å². The molecule has 0 heterocycles. The molecule has 0 radical (unpaired) electrons. The van der Waals surface area contributed by atoms with E-state index < -0.39 is 0 Å². The van der Waals surface area contributed by atoms with Gasteiger partial charge in [-0.05, 0) is 19.9 Å². The molecule has 0 unspecified atom stereocenters. The lowest BCUT2D eigenvalue weighted by Crippen LogP contribution is -2.34. The van der Waals surface area contributed by atoms with Gasteiger partial charge < -0.3 is 10.1 Å². The largest absolute Gasteiger partial charge is 0.435 e. The van der Waals surface area contributed by atoms with Gasteiger partial charge in [-0.25, -0.2) is 0 Å². The molecular weight excluding hydrogens is 154 g/mol. The molecule has 1 saturated carbocycles. The second-order valence-electron chi connectivity index (χ2n) is 3.04. The summed E-state index contributed by atoms with van der Waals surface area (Å²) in [5.74, 6) is -0.130. The molecule has 1 aliphatic rings. The molecule has 1 aliphatic carbocycles. The smallest absolute Gasteiger partial charge is 0.315 e. The number of esters is 1. The zero-order valence-electron chi connectivity index (χ0n) is 7.38. The van der Waals surface area contributed by atoms with Crippen LogP contribution in [0.1, 0.15) is 20.7 Å². The minimum atomic E-state index is -0.151. The molecule has 3 heteroatoms. The molecule has 0 spiro atoms. The number of carbonyl (C=O) groups excluding carboxylic acids is 1. The standard InChI is InChI=1S/C9H15NO2.H2/c1-3-12-9(11)7-5-4-6-8(7)10-2;/h3,7-8,10H,1,4-6H2,2H3;1H/t7-,8+;/m0./s1. The van der Waals surface area contributed by atoms with E-state index in [9.17, 15) is 4.79 Å². The number of hydrogen-bond acceptors (Lipinski definition) is 3. The van der Waals surface area contributed by atoms with E-state index in [0.29, 0.717) is 0 Å². The monoisotopic (exact) mass is 171 g/mol. The molecule has 0 aromatic carbocycles. The van der Waals surface area contributed by atoms with E-state index in [-0.39, 0.29) is 19.4 Å². The van der Waals surface area contributed by atoms with Crippen LogP contribution >= 0.6 is 0 Å². The van der Waals surface area contributed by atoms with Crippen LogP contribution in [0.2, 0.25) is 0 Å². The van der Waals surface area contributed by atoms with E-state index in [1.165, 1.54) is 6.26 Å². The van der Waals surface area contributed by atoms with Crippen LogP contribution in [-0.4, -0.2) is 19.1 Å². The highest BCUT2D eigenvalue weighted by molar-refractivity contribution is 5.74. The van der Waals surface area contributed by atoms with Gasteiger partial charge in [0.15, 0.2) is 0 Å². The third kappa shape index (κ3) is 1.85. The summed E-state index contributed by atoms with van der Waals surface area (Å²) in [6.45, 7) is 3.36. The number of ether oxygens (including phenoxy) is 1. The topological polar surface area (TPSA) is 38.3 Å². The summed E-state index contributed by atoms with van der Waals surface area (Å²) < 4.78 is 4.74. The number of hydrogen-bond donors (Lipinski definition) is 1. The summed E-state index contributed by atoms with van der Waals surface area (Å²) in [4.78, 5) is 11.3. The van der Waals surface area contributed by atoms with Crippen molar-refractivity contribution in [3.8, 4) is 0 Å². The van der Waals surface area contributed by atoms with E-state index in [0.717, 1.165) is 19.3 Å². The average Bonchev–Trinajstić information content (AvgIpc) is 2.51. The van der Waals surface area contributed by atoms with Crippen molar-refractivity contribution in [3.63, 3.8) is 0 Å². The van der Waals surface area contributed by atoms with Gasteiger partial charge in [-0.15, -0.1) is 0 Å². The molecule has 0 aromatic heterocycles. The Kier molecular flexibility index (Phi) is 3.29. The number of rotatable bonds is 3. The van der Waals surface area contributed by atoms with E-state index in [4.69, 9.17) is 4.74 Å². The van der Waals surface area contributed by atoms with E-state index >= 15 is 0 Å². The predicted octanol–water partition coefficient (Wildman–Crippen LogP) is 1.31. The van der Waals surface area contributed by atoms with Crippen molar-refractivity contribution < 1.29 is 11.0 Å². The van der Waals surface area contributed by atoms with Crippen molar-refractivity contribution in [1.29, 1.82) is 0 Å². The number of nitrogens with one attached hydrogen (secondary N) is 1. The first-order valence-electron chi connectivity index (χ1n) is 4.28. The van der Waals surface area contributed by atoms with Crippen LogP contribution < -0.4 is 5.32 Å². The van der Waals surface area contributed by atoms with E-state index in [1.807, 2.05) is 7.05 Å². The molecule has 1 rings (SSSR count). The Morgan fingerprint density at radius 1 is 1.75 bits per heavy atom. The summed E-state index contributed by atoms with van der Waals surface area (Å²) in [5, 5.41) is 3.12. The zero-order chi connectivity index (χ0) is 8.97. The fraction of sp³-hybridized carbons (Fsp3) is 0.667. The summed E-state index contributed by atoms with van der Waals surface area (Å²) in [6.07, 6.45) is 4.29. The van der Waals surface area contributed by atoms with Gasteiger partial charge >= 0.3 is 5.97 Å². The summed E-state index contributed by atoms with van der Waals surface area (Å²) in [5.41, 5.74) is 0. The maximum atomic E-state index is 11.3. The Balaban J connectivity index is 0.00000144. The van der Waals surface area contributed by atoms with Gasteiger partial charge in [0.25, 0.3) is 0 Å². The van der Waals surface area contributed by atoms with Crippen LogP contribution in [0.5, 0.6) is 0 Å². The fourth-order valence-corrected chi connectivity index (χ4v) is 1.76. The molecule has 3 nitrogen and oxygen atoms in total. The minimum Gasteiger partial charge on any atom is -0.435 e. The maximum absolute atomic E-state index is 11.3. The summed E-state index contributed by atoms with van der Waals surface area (Å²) in [7, 11) is 1.88. The molecule has 1 fully saturated rings. The Labute approximate surface area is 74.3 Å². The van der Waals surface area contributed by atoms with Crippen LogP contribution in [-0.2, 0) is 9.53 Å². The highest BCUT2D eigenvalue weighted by Crippen LogP contribution is 2.26. The zero-order valence-corrected chi connectivity index (χ0v) is 7.38. The summed E-state index contributed by atoms with van der Waals surface area (Å²) >= 11 is 0. The lowest BCUT2D eigenvalue weighted by molar-refractivity contribution is -0.143. The lowest BCUT2D eigenvalue weighted by atomic mass is 10.0. The molecule has 0 aliphatic heterocycles. The first-order valence-corrected chi connectivity index (χ1v) is 4.28. The van der Waals surface area contributed by atoms with Crippen molar-refractivity contribution >= 4 is 5.97 Å². The molecule has 70 valence electrons. The highest BCUT2D eigenvalue weighted by Gasteiger charge is 2.32. The van der Waals surface area contributed by atoms with Crippen molar-refractivity contribution in [2.75, 3.05) is 7.05 Å². The molecular formula is C9H17NO2. The van der Waals surface area contributed by atoms with Gasteiger partial charge in [0.1, 0.15) is 0 Å². The normalized spacial score (nSPS) is 28.4. The predicted molar refractivity (Wildman–Crippen MR) is 48.6 cm³/mol. The van der Waals surface area contributed by atoms with E-state index in [2.05, 4.69) is 11.9 Å². The second-order valence-corrected chi connectivity index (χ2v) is 3.04. The maximum Gasteiger partial charge on any atom is 0.315 e. The van der Waals surface area contributed by atoms with Crippen LogP contribution in [0.15, 0.2) is 12.8 Å². The van der Waals surface area contributed by atoms with Gasteiger partial charge in [-0.2, -0.15) is 0 Å². The van der Waals surface area contributed by atoms with Gasteiger partial charge in [0.2, 0.25) is 0 Å². The van der Waals surface area contributed by atoms with Crippen LogP contribution in [0.3, 0.4) is 0 Å². The first-order chi connectivity index (χ1) is 5.79. The van der Waals surface area contributed by atoms with Crippen LogP contribution in [0.4, 0.5) is 0 Å². The van der Waals surface area contributed by atoms with Gasteiger partial charge in [-0.3, -0.25) is 4.79 Å². The quantitative estimate of drug-likeness (QED) is 0.514.